The molecule has 1 N–H and O–H groups in total. The highest BCUT2D eigenvalue weighted by atomic mass is 32.1. The smallest absolute Gasteiger partial charge is 0.223 e. The van der Waals surface area contributed by atoms with Crippen molar-refractivity contribution in [3.05, 3.63) is 35.8 Å². The molecule has 0 saturated carbocycles. The van der Waals surface area contributed by atoms with Crippen molar-refractivity contribution in [2.45, 2.75) is 45.6 Å². The Hall–Kier alpha value is -3.07. The van der Waals surface area contributed by atoms with Crippen LogP contribution < -0.4 is 5.32 Å². The fourth-order valence-corrected chi connectivity index (χ4v) is 5.65. The molecule has 0 bridgehead atoms. The van der Waals surface area contributed by atoms with Gasteiger partial charge < -0.3 is 10.2 Å². The molecule has 31 heavy (non-hydrogen) atoms. The quantitative estimate of drug-likeness (QED) is 0.680. The number of hydrogen-bond acceptors (Lipinski definition) is 6. The van der Waals surface area contributed by atoms with Crippen LogP contribution in [-0.2, 0) is 22.4 Å². The predicted molar refractivity (Wildman–Crippen MR) is 119 cm³/mol. The molecule has 0 atom stereocenters. The Morgan fingerprint density at radius 2 is 2.00 bits per heavy atom. The average Bonchev–Trinajstić information content (AvgIpc) is 3.34. The van der Waals surface area contributed by atoms with Crippen LogP contribution in [0.2, 0.25) is 0 Å². The zero-order valence-electron chi connectivity index (χ0n) is 17.6. The van der Waals surface area contributed by atoms with E-state index in [0.29, 0.717) is 5.13 Å². The van der Waals surface area contributed by atoms with Crippen LogP contribution in [-0.4, -0.2) is 49.6 Å². The van der Waals surface area contributed by atoms with E-state index in [4.69, 9.17) is 5.10 Å². The van der Waals surface area contributed by atoms with Gasteiger partial charge in [-0.05, 0) is 37.8 Å². The van der Waals surface area contributed by atoms with Crippen LogP contribution in [0.4, 0.5) is 5.13 Å². The Labute approximate surface area is 184 Å². The number of rotatable bonds is 3. The first-order valence-corrected chi connectivity index (χ1v) is 11.4. The lowest BCUT2D eigenvalue weighted by atomic mass is 9.95. The zero-order valence-corrected chi connectivity index (χ0v) is 18.4. The first-order chi connectivity index (χ1) is 15.0. The minimum Gasteiger partial charge on any atom is -0.343 e. The van der Waals surface area contributed by atoms with Crippen molar-refractivity contribution in [2.24, 2.45) is 0 Å². The first kappa shape index (κ1) is 19.9. The fraction of sp³-hybridized carbons (Fsp3) is 0.409. The zero-order chi connectivity index (χ0) is 21.5. The molecule has 3 aromatic heterocycles. The van der Waals surface area contributed by atoms with E-state index in [0.717, 1.165) is 66.3 Å². The molecule has 1 fully saturated rings. The van der Waals surface area contributed by atoms with Gasteiger partial charge in [0.05, 0.1) is 28.0 Å². The largest absolute Gasteiger partial charge is 0.343 e. The third-order valence-corrected chi connectivity index (χ3v) is 7.03. The van der Waals surface area contributed by atoms with Gasteiger partial charge in [0.25, 0.3) is 0 Å². The molecule has 1 aliphatic heterocycles. The molecule has 2 aliphatic rings. The summed E-state index contributed by atoms with van der Waals surface area (Å²) in [5.74, 6) is 0.00849. The number of nitrogens with zero attached hydrogens (tertiary/aromatic N) is 5. The number of carbonyl (C=O) groups is 2. The van der Waals surface area contributed by atoms with Gasteiger partial charge in [-0.2, -0.15) is 5.10 Å². The van der Waals surface area contributed by atoms with Crippen LogP contribution in [0.5, 0.6) is 0 Å². The van der Waals surface area contributed by atoms with Crippen LogP contribution in [0.15, 0.2) is 24.5 Å². The third kappa shape index (κ3) is 3.63. The number of aryl methyl sites for hydroxylation is 1. The number of piperidine rings is 1. The Bertz CT molecular complexity index is 1140. The van der Waals surface area contributed by atoms with Gasteiger partial charge in [0.2, 0.25) is 11.8 Å². The molecule has 0 spiro atoms. The molecule has 0 aromatic carbocycles. The van der Waals surface area contributed by atoms with Crippen molar-refractivity contribution in [1.82, 2.24) is 24.6 Å². The van der Waals surface area contributed by atoms with E-state index in [-0.39, 0.29) is 17.9 Å². The number of amides is 2. The first-order valence-electron chi connectivity index (χ1n) is 10.6. The standard InChI is InChI=1S/C22H24N6O2S/c1-13(29)24-22-25-18-6-5-17-19(15-4-3-9-23-12-15)26-28(20(17)21(18)31-22)16-7-10-27(11-8-16)14(2)30/h3-4,9,12,16H,5-8,10-11H2,1-2H3,(H,24,25,29). The van der Waals surface area contributed by atoms with Crippen LogP contribution in [0.3, 0.4) is 0 Å². The number of thiazole rings is 1. The molecule has 160 valence electrons. The van der Waals surface area contributed by atoms with Crippen LogP contribution in [0.25, 0.3) is 21.8 Å². The Kier molecular flexibility index (Phi) is 5.05. The maximum absolute atomic E-state index is 11.8. The van der Waals surface area contributed by atoms with E-state index in [1.54, 1.807) is 13.1 Å². The summed E-state index contributed by atoms with van der Waals surface area (Å²) in [4.78, 5) is 35.3. The van der Waals surface area contributed by atoms with E-state index in [1.807, 2.05) is 23.2 Å². The van der Waals surface area contributed by atoms with Crippen molar-refractivity contribution in [3.8, 4) is 21.8 Å². The molecule has 4 heterocycles. The van der Waals surface area contributed by atoms with E-state index < -0.39 is 0 Å². The van der Waals surface area contributed by atoms with Gasteiger partial charge in [-0.15, -0.1) is 0 Å². The lowest BCUT2D eigenvalue weighted by Gasteiger charge is -2.32. The van der Waals surface area contributed by atoms with Gasteiger partial charge >= 0.3 is 0 Å². The molecule has 0 radical (unpaired) electrons. The molecule has 5 rings (SSSR count). The number of likely N-dealkylation sites (tertiary alicyclic amines) is 1. The minimum atomic E-state index is -0.118. The summed E-state index contributed by atoms with van der Waals surface area (Å²) < 4.78 is 2.16. The van der Waals surface area contributed by atoms with E-state index in [1.165, 1.54) is 23.8 Å². The van der Waals surface area contributed by atoms with Crippen LogP contribution in [0, 0.1) is 0 Å². The van der Waals surface area contributed by atoms with Gasteiger partial charge in [-0.25, -0.2) is 4.98 Å². The maximum Gasteiger partial charge on any atom is 0.223 e. The topological polar surface area (TPSA) is 93.0 Å². The van der Waals surface area contributed by atoms with Gasteiger partial charge in [0.15, 0.2) is 5.13 Å². The highest BCUT2D eigenvalue weighted by Crippen LogP contribution is 2.45. The number of nitrogens with one attached hydrogen (secondary N) is 1. The van der Waals surface area contributed by atoms with Crippen molar-refractivity contribution >= 4 is 28.3 Å². The highest BCUT2D eigenvalue weighted by Gasteiger charge is 2.33. The van der Waals surface area contributed by atoms with Crippen molar-refractivity contribution < 1.29 is 9.59 Å². The predicted octanol–water partition coefficient (Wildman–Crippen LogP) is 3.31. The molecule has 2 amide bonds. The van der Waals surface area contributed by atoms with Gasteiger partial charge in [-0.3, -0.25) is 19.3 Å². The Morgan fingerprint density at radius 3 is 2.68 bits per heavy atom. The summed E-state index contributed by atoms with van der Waals surface area (Å²) in [5.41, 5.74) is 5.32. The van der Waals surface area contributed by atoms with Crippen molar-refractivity contribution in [3.63, 3.8) is 0 Å². The summed E-state index contributed by atoms with van der Waals surface area (Å²) >= 11 is 1.51. The molecule has 9 heteroatoms. The lowest BCUT2D eigenvalue weighted by molar-refractivity contribution is -0.130. The highest BCUT2D eigenvalue weighted by molar-refractivity contribution is 7.19. The molecule has 1 saturated heterocycles. The van der Waals surface area contributed by atoms with E-state index in [2.05, 4.69) is 20.0 Å². The second kappa shape index (κ2) is 7.88. The normalized spacial score (nSPS) is 16.0. The number of aromatic nitrogens is 4. The number of hydrogen-bond donors (Lipinski definition) is 1. The number of fused-ring (bicyclic) bond motifs is 3. The fourth-order valence-electron chi connectivity index (χ4n) is 4.52. The van der Waals surface area contributed by atoms with Crippen LogP contribution >= 0.6 is 11.3 Å². The second-order valence-corrected chi connectivity index (χ2v) is 9.07. The SMILES string of the molecule is CC(=O)Nc1nc2c(s1)-c1c(c(-c3cccnc3)nn1C1CCN(C(C)=O)CC1)CC2. The Balaban J connectivity index is 1.60. The summed E-state index contributed by atoms with van der Waals surface area (Å²) in [5, 5.41) is 8.55. The van der Waals surface area contributed by atoms with E-state index >= 15 is 0 Å². The monoisotopic (exact) mass is 436 g/mol. The molecule has 1 aliphatic carbocycles. The molecule has 8 nitrogen and oxygen atoms in total. The third-order valence-electron chi connectivity index (χ3n) is 6.01. The minimum absolute atomic E-state index is 0.118. The number of pyridine rings is 1. The second-order valence-electron chi connectivity index (χ2n) is 8.08. The van der Waals surface area contributed by atoms with Crippen LogP contribution in [0.1, 0.15) is 44.0 Å². The maximum atomic E-state index is 11.8. The molecule has 0 unspecified atom stereocenters. The lowest BCUT2D eigenvalue weighted by Crippen LogP contribution is -2.38. The van der Waals surface area contributed by atoms with Gasteiger partial charge in [-0.1, -0.05) is 11.3 Å². The van der Waals surface area contributed by atoms with Gasteiger partial charge in [0, 0.05) is 50.5 Å². The average molecular weight is 437 g/mol. The van der Waals surface area contributed by atoms with E-state index in [9.17, 15) is 9.59 Å². The summed E-state index contributed by atoms with van der Waals surface area (Å²) in [7, 11) is 0. The van der Waals surface area contributed by atoms with Gasteiger partial charge in [0.1, 0.15) is 0 Å². The summed E-state index contributed by atoms with van der Waals surface area (Å²) in [6.07, 6.45) is 7.03. The van der Waals surface area contributed by atoms with Crippen molar-refractivity contribution in [2.75, 3.05) is 18.4 Å². The molecular formula is C22H24N6O2S. The summed E-state index contributed by atoms with van der Waals surface area (Å²) in [6.45, 7) is 4.61. The van der Waals surface area contributed by atoms with Crippen molar-refractivity contribution in [1.29, 1.82) is 0 Å². The molecule has 3 aromatic rings. The Morgan fingerprint density at radius 1 is 1.19 bits per heavy atom. The number of anilines is 1. The summed E-state index contributed by atoms with van der Waals surface area (Å²) in [6, 6.07) is 4.19. The molecular weight excluding hydrogens is 412 g/mol. The number of carbonyl (C=O) groups excluding carboxylic acids is 2.